The molecule has 39 heavy (non-hydrogen) atoms. The molecule has 0 saturated heterocycles. The molecule has 0 spiro atoms. The number of rotatable bonds is 10. The monoisotopic (exact) mass is 623 g/mol. The number of alkyl halides is 2. The quantitative estimate of drug-likeness (QED) is 0.233. The third kappa shape index (κ3) is 8.74. The summed E-state index contributed by atoms with van der Waals surface area (Å²) in [6.07, 6.45) is -2.76. The Kier molecular flexibility index (Phi) is 10.0. The van der Waals surface area contributed by atoms with Crippen LogP contribution >= 0.6 is 27.5 Å². The number of ether oxygens (including phenoxy) is 1. The smallest absolute Gasteiger partial charge is 0.272 e. The van der Waals surface area contributed by atoms with E-state index >= 15 is 0 Å². The summed E-state index contributed by atoms with van der Waals surface area (Å²) in [6, 6.07) is 15.3. The Bertz CT molecular complexity index is 1360. The summed E-state index contributed by atoms with van der Waals surface area (Å²) in [5.41, 5.74) is -0.373. The van der Waals surface area contributed by atoms with Gasteiger partial charge in [0, 0.05) is 22.4 Å². The van der Waals surface area contributed by atoms with Crippen molar-refractivity contribution in [2.75, 3.05) is 17.2 Å². The van der Waals surface area contributed by atoms with E-state index < -0.39 is 36.4 Å². The maximum absolute atomic E-state index is 13.0. The SMILES string of the molecule is CC(C)(O)C(=O)NCc1ccc(Cl)c(C(=O)Nc2ccc(OCC(F)F)c(C(=O)Nc3ccc(Br)cc3)c2)c1. The number of hydrogen-bond acceptors (Lipinski definition) is 5. The highest BCUT2D eigenvalue weighted by Gasteiger charge is 2.23. The topological polar surface area (TPSA) is 117 Å². The van der Waals surface area contributed by atoms with E-state index in [-0.39, 0.29) is 34.1 Å². The van der Waals surface area contributed by atoms with E-state index in [0.717, 1.165) is 4.47 Å². The molecule has 4 N–H and O–H groups in total. The summed E-state index contributed by atoms with van der Waals surface area (Å²) in [7, 11) is 0. The van der Waals surface area contributed by atoms with Gasteiger partial charge in [-0.15, -0.1) is 0 Å². The number of carbonyl (C=O) groups excluding carboxylic acids is 3. The number of anilines is 2. The van der Waals surface area contributed by atoms with Crippen LogP contribution in [0.25, 0.3) is 0 Å². The number of amides is 3. The molecule has 0 radical (unpaired) electrons. The molecule has 3 amide bonds. The maximum Gasteiger partial charge on any atom is 0.272 e. The minimum Gasteiger partial charge on any atom is -0.487 e. The lowest BCUT2D eigenvalue weighted by atomic mass is 10.1. The Morgan fingerprint density at radius 1 is 0.949 bits per heavy atom. The first-order valence-corrected chi connectivity index (χ1v) is 12.7. The number of nitrogens with one attached hydrogen (secondary N) is 3. The van der Waals surface area contributed by atoms with Crippen molar-refractivity contribution in [1.29, 1.82) is 0 Å². The minimum atomic E-state index is -2.76. The van der Waals surface area contributed by atoms with Gasteiger partial charge in [-0.25, -0.2) is 8.78 Å². The fourth-order valence-corrected chi connectivity index (χ4v) is 3.72. The molecule has 0 atom stereocenters. The van der Waals surface area contributed by atoms with Gasteiger partial charge in [0.1, 0.15) is 18.0 Å². The van der Waals surface area contributed by atoms with E-state index in [0.29, 0.717) is 11.3 Å². The van der Waals surface area contributed by atoms with Crippen LogP contribution in [0, 0.1) is 0 Å². The van der Waals surface area contributed by atoms with E-state index in [2.05, 4.69) is 31.9 Å². The normalized spacial score (nSPS) is 11.2. The summed E-state index contributed by atoms with van der Waals surface area (Å²) in [5.74, 6) is -1.94. The molecule has 0 saturated carbocycles. The highest BCUT2D eigenvalue weighted by Crippen LogP contribution is 2.27. The van der Waals surface area contributed by atoms with E-state index in [9.17, 15) is 28.3 Å². The molecule has 12 heteroatoms. The van der Waals surface area contributed by atoms with E-state index in [1.54, 1.807) is 30.3 Å². The van der Waals surface area contributed by atoms with Crippen molar-refractivity contribution in [1.82, 2.24) is 5.32 Å². The zero-order valence-electron chi connectivity index (χ0n) is 20.9. The van der Waals surface area contributed by atoms with Gasteiger partial charge in [-0.3, -0.25) is 14.4 Å². The van der Waals surface area contributed by atoms with Crippen molar-refractivity contribution < 1.29 is 33.0 Å². The Balaban J connectivity index is 1.82. The average Bonchev–Trinajstić information content (AvgIpc) is 2.87. The fraction of sp³-hybridized carbons (Fsp3) is 0.222. The molecule has 0 fully saturated rings. The molecular weight excluding hydrogens is 600 g/mol. The lowest BCUT2D eigenvalue weighted by Crippen LogP contribution is -2.41. The molecule has 3 aromatic rings. The lowest BCUT2D eigenvalue weighted by Gasteiger charge is -2.17. The lowest BCUT2D eigenvalue weighted by molar-refractivity contribution is -0.136. The third-order valence-electron chi connectivity index (χ3n) is 5.23. The zero-order chi connectivity index (χ0) is 28.7. The van der Waals surface area contributed by atoms with Crippen molar-refractivity contribution >= 4 is 56.6 Å². The number of aliphatic hydroxyl groups is 1. The van der Waals surface area contributed by atoms with Gasteiger partial charge in [0.05, 0.1) is 16.1 Å². The summed E-state index contributed by atoms with van der Waals surface area (Å²) in [4.78, 5) is 38.0. The first kappa shape index (κ1) is 30.0. The first-order valence-electron chi connectivity index (χ1n) is 11.6. The first-order chi connectivity index (χ1) is 18.3. The Hall–Kier alpha value is -3.54. The van der Waals surface area contributed by atoms with Crippen molar-refractivity contribution in [2.45, 2.75) is 32.4 Å². The number of hydrogen-bond donors (Lipinski definition) is 4. The van der Waals surface area contributed by atoms with Crippen molar-refractivity contribution in [3.05, 3.63) is 86.8 Å². The van der Waals surface area contributed by atoms with Crippen LogP contribution in [0.4, 0.5) is 20.2 Å². The van der Waals surface area contributed by atoms with Crippen LogP contribution in [0.2, 0.25) is 5.02 Å². The van der Waals surface area contributed by atoms with Crippen LogP contribution in [0.5, 0.6) is 5.75 Å². The van der Waals surface area contributed by atoms with Gasteiger partial charge >= 0.3 is 0 Å². The van der Waals surface area contributed by atoms with Gasteiger partial charge in [0.15, 0.2) is 0 Å². The number of benzene rings is 3. The summed E-state index contributed by atoms with van der Waals surface area (Å²) >= 11 is 9.53. The highest BCUT2D eigenvalue weighted by atomic mass is 79.9. The predicted octanol–water partition coefficient (Wildman–Crippen LogP) is 5.64. The largest absolute Gasteiger partial charge is 0.487 e. The Morgan fingerprint density at radius 3 is 2.21 bits per heavy atom. The molecule has 3 rings (SSSR count). The Morgan fingerprint density at radius 2 is 1.56 bits per heavy atom. The molecule has 0 bridgehead atoms. The molecular formula is C27H25BrClF2N3O5. The summed E-state index contributed by atoms with van der Waals surface area (Å²) in [6.45, 7) is 1.81. The van der Waals surface area contributed by atoms with E-state index in [1.807, 2.05) is 0 Å². The average molecular weight is 625 g/mol. The van der Waals surface area contributed by atoms with E-state index in [1.165, 1.54) is 44.2 Å². The van der Waals surface area contributed by atoms with Gasteiger partial charge in [-0.1, -0.05) is 33.6 Å². The summed E-state index contributed by atoms with van der Waals surface area (Å²) in [5, 5.41) is 17.8. The van der Waals surface area contributed by atoms with Gasteiger partial charge in [0.25, 0.3) is 24.1 Å². The predicted molar refractivity (Wildman–Crippen MR) is 148 cm³/mol. The van der Waals surface area contributed by atoms with Crippen LogP contribution in [0.15, 0.2) is 65.1 Å². The molecule has 0 heterocycles. The second kappa shape index (κ2) is 13.0. The maximum atomic E-state index is 13.0. The molecule has 0 aliphatic carbocycles. The van der Waals surface area contributed by atoms with Gasteiger partial charge < -0.3 is 25.8 Å². The fourth-order valence-electron chi connectivity index (χ4n) is 3.25. The van der Waals surface area contributed by atoms with Gasteiger partial charge in [0.2, 0.25) is 0 Å². The second-order valence-corrected chi connectivity index (χ2v) is 10.2. The van der Waals surface area contributed by atoms with Gasteiger partial charge in [-0.05, 0) is 74.0 Å². The Labute approximate surface area is 236 Å². The molecule has 0 unspecified atom stereocenters. The zero-order valence-corrected chi connectivity index (χ0v) is 23.2. The van der Waals surface area contributed by atoms with Crippen LogP contribution in [0.3, 0.4) is 0 Å². The molecule has 0 aliphatic rings. The summed E-state index contributed by atoms with van der Waals surface area (Å²) < 4.78 is 31.5. The van der Waals surface area contributed by atoms with Crippen LogP contribution < -0.4 is 20.7 Å². The van der Waals surface area contributed by atoms with Crippen LogP contribution in [0.1, 0.15) is 40.1 Å². The molecule has 8 nitrogen and oxygen atoms in total. The molecule has 3 aromatic carbocycles. The molecule has 0 aromatic heterocycles. The molecule has 0 aliphatic heterocycles. The van der Waals surface area contributed by atoms with Crippen molar-refractivity contribution in [3.63, 3.8) is 0 Å². The van der Waals surface area contributed by atoms with Crippen molar-refractivity contribution in [3.8, 4) is 5.75 Å². The number of carbonyl (C=O) groups is 3. The minimum absolute atomic E-state index is 0.0385. The third-order valence-corrected chi connectivity index (χ3v) is 6.09. The van der Waals surface area contributed by atoms with E-state index in [4.69, 9.17) is 16.3 Å². The molecule has 206 valence electrons. The second-order valence-electron chi connectivity index (χ2n) is 8.88. The van der Waals surface area contributed by atoms with Crippen LogP contribution in [-0.2, 0) is 11.3 Å². The standard InChI is InChI=1S/C27H25BrClF2N3O5/c1-27(2,38)26(37)32-13-15-3-9-21(29)19(11-15)24(35)34-18-8-10-22(39-14-23(30)31)20(12-18)25(36)33-17-6-4-16(28)5-7-17/h3-12,23,38H,13-14H2,1-2H3,(H,32,37)(H,33,36)(H,34,35). The highest BCUT2D eigenvalue weighted by molar-refractivity contribution is 9.10. The van der Waals surface area contributed by atoms with Gasteiger partial charge in [-0.2, -0.15) is 0 Å². The number of halogens is 4. The van der Waals surface area contributed by atoms with Crippen LogP contribution in [-0.4, -0.2) is 41.5 Å². The van der Waals surface area contributed by atoms with Crippen molar-refractivity contribution in [2.24, 2.45) is 0 Å².